The number of hydrogen-bond donors (Lipinski definition) is 1. The number of aliphatic hydroxyl groups is 1. The summed E-state index contributed by atoms with van der Waals surface area (Å²) in [6.07, 6.45) is 12.0. The van der Waals surface area contributed by atoms with Crippen LogP contribution in [0.5, 0.6) is 0 Å². The second-order valence-electron chi connectivity index (χ2n) is 16.9. The molecule has 8 nitrogen and oxygen atoms in total. The molecule has 0 bridgehead atoms. The second kappa shape index (κ2) is 22.3. The highest BCUT2D eigenvalue weighted by Crippen LogP contribution is 2.50. The SMILES string of the molecule is CCCCCCCCCCCC(=O)OC(C)CCOC(C)(C)CC(C1OCC(C(C)(C)OCC(C)O)C1C(C)(C)OCC)C(C)(C)OCC. The van der Waals surface area contributed by atoms with Gasteiger partial charge in [-0.15, -0.1) is 0 Å². The first-order valence-electron chi connectivity index (χ1n) is 19.9. The quantitative estimate of drug-likeness (QED) is 0.0638. The zero-order chi connectivity index (χ0) is 37.3. The summed E-state index contributed by atoms with van der Waals surface area (Å²) < 4.78 is 38.3. The number of aliphatic hydroxyl groups excluding tert-OH is 1. The van der Waals surface area contributed by atoms with Crippen LogP contribution in [0, 0.1) is 17.8 Å². The van der Waals surface area contributed by atoms with Gasteiger partial charge in [0.1, 0.15) is 6.10 Å². The number of rotatable bonds is 28. The van der Waals surface area contributed by atoms with Gasteiger partial charge in [-0.05, 0) is 95.9 Å². The van der Waals surface area contributed by atoms with E-state index < -0.39 is 28.5 Å². The topological polar surface area (TPSA) is 92.7 Å². The molecule has 1 heterocycles. The van der Waals surface area contributed by atoms with Crippen molar-refractivity contribution >= 4 is 5.97 Å². The standard InChI is InChI=1S/C41H80O8/c1-14-17-18-19-20-21-22-23-24-25-35(43)49-32(5)26-27-47-38(6,7)28-33(39(8,9)45-15-2)37-36(41(12,13)46-16-3)34(30-44-37)40(10,11)48-29-31(4)42/h31-34,36-37,42H,14-30H2,1-13H3. The molecule has 49 heavy (non-hydrogen) atoms. The lowest BCUT2D eigenvalue weighted by Crippen LogP contribution is -2.55. The number of unbranched alkanes of at least 4 members (excludes halogenated alkanes) is 8. The van der Waals surface area contributed by atoms with Crippen LogP contribution in [-0.4, -0.2) is 84.8 Å². The van der Waals surface area contributed by atoms with Gasteiger partial charge in [0.15, 0.2) is 0 Å². The lowest BCUT2D eigenvalue weighted by molar-refractivity contribution is -0.168. The zero-order valence-electron chi connectivity index (χ0n) is 34.3. The molecule has 0 saturated carbocycles. The maximum Gasteiger partial charge on any atom is 0.306 e. The molecule has 1 saturated heterocycles. The van der Waals surface area contributed by atoms with Crippen LogP contribution >= 0.6 is 0 Å². The van der Waals surface area contributed by atoms with Gasteiger partial charge in [0.05, 0.1) is 54.4 Å². The fraction of sp³-hybridized carbons (Fsp3) is 0.976. The number of hydrogen-bond acceptors (Lipinski definition) is 8. The molecule has 0 aromatic rings. The average molecular weight is 701 g/mol. The van der Waals surface area contributed by atoms with E-state index in [4.69, 9.17) is 28.4 Å². The van der Waals surface area contributed by atoms with Crippen molar-refractivity contribution < 1.29 is 38.3 Å². The molecule has 1 N–H and O–H groups in total. The molecule has 1 rings (SSSR count). The van der Waals surface area contributed by atoms with Gasteiger partial charge in [0.25, 0.3) is 0 Å². The summed E-state index contributed by atoms with van der Waals surface area (Å²) in [7, 11) is 0. The van der Waals surface area contributed by atoms with Crippen LogP contribution in [0.1, 0.15) is 167 Å². The van der Waals surface area contributed by atoms with E-state index in [0.29, 0.717) is 45.7 Å². The highest BCUT2D eigenvalue weighted by Gasteiger charge is 2.57. The average Bonchev–Trinajstić information content (AvgIpc) is 3.45. The Morgan fingerprint density at radius 1 is 0.776 bits per heavy atom. The molecule has 1 fully saturated rings. The predicted molar refractivity (Wildman–Crippen MR) is 200 cm³/mol. The number of carbonyl (C=O) groups excluding carboxylic acids is 1. The molecule has 6 atom stereocenters. The Morgan fingerprint density at radius 3 is 1.90 bits per heavy atom. The molecule has 0 aromatic carbocycles. The Hall–Kier alpha value is -0.770. The monoisotopic (exact) mass is 701 g/mol. The van der Waals surface area contributed by atoms with Gasteiger partial charge in [-0.1, -0.05) is 58.3 Å². The van der Waals surface area contributed by atoms with Crippen molar-refractivity contribution in [1.29, 1.82) is 0 Å². The third kappa shape index (κ3) is 17.1. The Morgan fingerprint density at radius 2 is 1.35 bits per heavy atom. The van der Waals surface area contributed by atoms with Crippen molar-refractivity contribution in [1.82, 2.24) is 0 Å². The molecular weight excluding hydrogens is 620 g/mol. The van der Waals surface area contributed by atoms with Gasteiger partial charge in [0.2, 0.25) is 0 Å². The van der Waals surface area contributed by atoms with E-state index in [1.54, 1.807) is 6.92 Å². The molecule has 1 aliphatic rings. The highest BCUT2D eigenvalue weighted by molar-refractivity contribution is 5.69. The van der Waals surface area contributed by atoms with E-state index in [1.807, 2.05) is 20.8 Å². The van der Waals surface area contributed by atoms with Crippen molar-refractivity contribution in [3.05, 3.63) is 0 Å². The first kappa shape index (κ1) is 46.3. The molecular formula is C41H80O8. The van der Waals surface area contributed by atoms with E-state index in [9.17, 15) is 9.90 Å². The number of ether oxygens (including phenoxy) is 6. The molecule has 0 aromatic heterocycles. The minimum atomic E-state index is -0.552. The Labute approximate surface area is 302 Å². The first-order valence-corrected chi connectivity index (χ1v) is 19.9. The molecule has 0 spiro atoms. The largest absolute Gasteiger partial charge is 0.463 e. The van der Waals surface area contributed by atoms with Crippen molar-refractivity contribution in [2.75, 3.05) is 33.0 Å². The fourth-order valence-electron chi connectivity index (χ4n) is 7.69. The maximum atomic E-state index is 12.5. The molecule has 292 valence electrons. The Balaban J connectivity index is 2.90. The third-order valence-corrected chi connectivity index (χ3v) is 10.5. The molecule has 1 aliphatic heterocycles. The summed E-state index contributed by atoms with van der Waals surface area (Å²) in [6, 6.07) is 0. The third-order valence-electron chi connectivity index (χ3n) is 10.5. The van der Waals surface area contributed by atoms with E-state index in [1.165, 1.54) is 44.9 Å². The number of esters is 1. The van der Waals surface area contributed by atoms with Crippen molar-refractivity contribution in [3.63, 3.8) is 0 Å². The summed E-state index contributed by atoms with van der Waals surface area (Å²) >= 11 is 0. The van der Waals surface area contributed by atoms with Gasteiger partial charge in [-0.2, -0.15) is 0 Å². The van der Waals surface area contributed by atoms with Crippen molar-refractivity contribution in [2.24, 2.45) is 17.8 Å². The summed E-state index contributed by atoms with van der Waals surface area (Å²) in [5.41, 5.74) is -2.03. The fourth-order valence-corrected chi connectivity index (χ4v) is 7.69. The summed E-state index contributed by atoms with van der Waals surface area (Å²) in [5, 5.41) is 10.0. The van der Waals surface area contributed by atoms with Gasteiger partial charge in [-0.3, -0.25) is 4.79 Å². The number of carbonyl (C=O) groups is 1. The zero-order valence-corrected chi connectivity index (χ0v) is 34.3. The highest BCUT2D eigenvalue weighted by atomic mass is 16.6. The lowest BCUT2D eigenvalue weighted by Gasteiger charge is -2.48. The van der Waals surface area contributed by atoms with Gasteiger partial charge < -0.3 is 33.5 Å². The molecule has 0 radical (unpaired) electrons. The normalized spacial score (nSPS) is 21.1. The van der Waals surface area contributed by atoms with Crippen molar-refractivity contribution in [3.8, 4) is 0 Å². The molecule has 0 amide bonds. The molecule has 8 heteroatoms. The van der Waals surface area contributed by atoms with Crippen LogP contribution in [0.3, 0.4) is 0 Å². The van der Waals surface area contributed by atoms with E-state index in [-0.39, 0.29) is 42.5 Å². The van der Waals surface area contributed by atoms with Gasteiger partial charge in [0, 0.05) is 43.8 Å². The molecule has 0 aliphatic carbocycles. The van der Waals surface area contributed by atoms with Crippen LogP contribution in [0.2, 0.25) is 0 Å². The minimum absolute atomic E-state index is 0.00205. The summed E-state index contributed by atoms with van der Waals surface area (Å²) in [5.74, 6) is -0.0872. The van der Waals surface area contributed by atoms with E-state index >= 15 is 0 Å². The smallest absolute Gasteiger partial charge is 0.306 e. The Kier molecular flexibility index (Phi) is 21.1. The van der Waals surface area contributed by atoms with E-state index in [2.05, 4.69) is 62.3 Å². The lowest BCUT2D eigenvalue weighted by atomic mass is 9.65. The van der Waals surface area contributed by atoms with Crippen LogP contribution in [0.4, 0.5) is 0 Å². The maximum absolute atomic E-state index is 12.5. The Bertz CT molecular complexity index is 883. The summed E-state index contributed by atoms with van der Waals surface area (Å²) in [4.78, 5) is 12.5. The second-order valence-corrected chi connectivity index (χ2v) is 16.9. The van der Waals surface area contributed by atoms with Crippen LogP contribution in [0.15, 0.2) is 0 Å². The predicted octanol–water partition coefficient (Wildman–Crippen LogP) is 9.47. The first-order chi connectivity index (χ1) is 22.8. The van der Waals surface area contributed by atoms with Crippen LogP contribution in [0.25, 0.3) is 0 Å². The van der Waals surface area contributed by atoms with Gasteiger partial charge in [-0.25, -0.2) is 0 Å². The van der Waals surface area contributed by atoms with Crippen LogP contribution < -0.4 is 0 Å². The van der Waals surface area contributed by atoms with E-state index in [0.717, 1.165) is 12.8 Å². The van der Waals surface area contributed by atoms with Crippen LogP contribution in [-0.2, 0) is 33.2 Å². The minimum Gasteiger partial charge on any atom is -0.463 e. The van der Waals surface area contributed by atoms with Crippen molar-refractivity contribution in [2.45, 2.75) is 208 Å². The summed E-state index contributed by atoms with van der Waals surface area (Å²) in [6.45, 7) is 29.6. The van der Waals surface area contributed by atoms with Gasteiger partial charge >= 0.3 is 5.97 Å². The molecule has 6 unspecified atom stereocenters.